The van der Waals surface area contributed by atoms with E-state index in [-0.39, 0.29) is 19.0 Å². The van der Waals surface area contributed by atoms with Gasteiger partial charge in [-0.15, -0.1) is 0 Å². The van der Waals surface area contributed by atoms with Gasteiger partial charge in [0.05, 0.1) is 13.0 Å². The Balaban J connectivity index is 4.37. The normalized spacial score (nSPS) is 11.9. The van der Waals surface area contributed by atoms with Gasteiger partial charge < -0.3 is 15.1 Å². The fourth-order valence-corrected chi connectivity index (χ4v) is 1.69. The number of hydrogen-bond acceptors (Lipinski definition) is 3. The Kier molecular flexibility index (Phi) is 8.75. The van der Waals surface area contributed by atoms with Gasteiger partial charge in [0.2, 0.25) is 5.91 Å². The second-order valence-electron chi connectivity index (χ2n) is 4.30. The summed E-state index contributed by atoms with van der Waals surface area (Å²) in [6, 6.07) is 0. The number of carbonyl (C=O) groups excluding carboxylic acids is 1. The first-order valence-electron chi connectivity index (χ1n) is 6.55. The Morgan fingerprint density at radius 2 is 1.68 bits per heavy atom. The molecule has 0 rings (SSSR count). The van der Waals surface area contributed by atoms with E-state index in [1.165, 1.54) is 4.90 Å². The lowest BCUT2D eigenvalue weighted by Gasteiger charge is -2.27. The van der Waals surface area contributed by atoms with E-state index in [0.717, 1.165) is 13.1 Å². The Labute approximate surface area is 112 Å². The van der Waals surface area contributed by atoms with Crippen LogP contribution in [0.2, 0.25) is 0 Å². The number of rotatable bonds is 9. The highest BCUT2D eigenvalue weighted by atomic mass is 19.4. The highest BCUT2D eigenvalue weighted by Gasteiger charge is 2.28. The highest BCUT2D eigenvalue weighted by Crippen LogP contribution is 2.19. The predicted molar refractivity (Wildman–Crippen MR) is 69.0 cm³/mol. The monoisotopic (exact) mass is 283 g/mol. The van der Waals surface area contributed by atoms with Crippen molar-refractivity contribution in [2.45, 2.75) is 26.4 Å². The molecule has 0 atom stereocenters. The maximum atomic E-state index is 12.2. The number of hydrogen-bond donors (Lipinski definition) is 1. The van der Waals surface area contributed by atoms with Crippen LogP contribution in [0.15, 0.2) is 0 Å². The SMILES string of the molecule is CCN(CC)CCN(CCC(F)(F)F)C(=O)CNC. The number of likely N-dealkylation sites (N-methyl/N-ethyl adjacent to an activating group) is 2. The molecule has 114 valence electrons. The molecule has 4 nitrogen and oxygen atoms in total. The van der Waals surface area contributed by atoms with Crippen molar-refractivity contribution in [3.05, 3.63) is 0 Å². The Bertz CT molecular complexity index is 255. The third-order valence-electron chi connectivity index (χ3n) is 2.93. The minimum absolute atomic E-state index is 0.0656. The number of nitrogens with one attached hydrogen (secondary N) is 1. The minimum atomic E-state index is -4.23. The van der Waals surface area contributed by atoms with Crippen molar-refractivity contribution in [2.24, 2.45) is 0 Å². The fraction of sp³-hybridized carbons (Fsp3) is 0.917. The Hall–Kier alpha value is -0.820. The van der Waals surface area contributed by atoms with Crippen molar-refractivity contribution in [1.29, 1.82) is 0 Å². The van der Waals surface area contributed by atoms with Gasteiger partial charge in [-0.1, -0.05) is 13.8 Å². The zero-order valence-electron chi connectivity index (χ0n) is 11.9. The third-order valence-corrected chi connectivity index (χ3v) is 2.93. The summed E-state index contributed by atoms with van der Waals surface area (Å²) in [6.07, 6.45) is -5.19. The molecule has 0 aromatic heterocycles. The summed E-state index contributed by atoms with van der Waals surface area (Å²) in [6.45, 7) is 6.34. The zero-order chi connectivity index (χ0) is 14.9. The van der Waals surface area contributed by atoms with Gasteiger partial charge in [-0.05, 0) is 20.1 Å². The van der Waals surface area contributed by atoms with Crippen molar-refractivity contribution >= 4 is 5.91 Å². The van der Waals surface area contributed by atoms with E-state index in [0.29, 0.717) is 13.1 Å². The molecule has 1 N–H and O–H groups in total. The average Bonchev–Trinajstić information content (AvgIpc) is 2.32. The van der Waals surface area contributed by atoms with Crippen LogP contribution in [0, 0.1) is 0 Å². The van der Waals surface area contributed by atoms with Crippen LogP contribution in [0.4, 0.5) is 13.2 Å². The van der Waals surface area contributed by atoms with E-state index < -0.39 is 12.6 Å². The molecule has 0 saturated heterocycles. The molecule has 0 heterocycles. The lowest BCUT2D eigenvalue weighted by Crippen LogP contribution is -2.43. The van der Waals surface area contributed by atoms with Crippen LogP contribution in [0.25, 0.3) is 0 Å². The van der Waals surface area contributed by atoms with Gasteiger partial charge in [0.25, 0.3) is 0 Å². The minimum Gasteiger partial charge on any atom is -0.340 e. The van der Waals surface area contributed by atoms with Crippen molar-refractivity contribution in [2.75, 3.05) is 46.3 Å². The molecule has 0 radical (unpaired) electrons. The molecule has 0 spiro atoms. The fourth-order valence-electron chi connectivity index (χ4n) is 1.69. The van der Waals surface area contributed by atoms with Gasteiger partial charge in [-0.25, -0.2) is 0 Å². The molecule has 1 amide bonds. The second-order valence-corrected chi connectivity index (χ2v) is 4.30. The summed E-state index contributed by atoms with van der Waals surface area (Å²) in [5.74, 6) is -0.293. The lowest BCUT2D eigenvalue weighted by atomic mass is 10.3. The maximum absolute atomic E-state index is 12.2. The van der Waals surface area contributed by atoms with E-state index >= 15 is 0 Å². The number of alkyl halides is 3. The Morgan fingerprint density at radius 1 is 1.11 bits per heavy atom. The van der Waals surface area contributed by atoms with Gasteiger partial charge in [0, 0.05) is 19.6 Å². The van der Waals surface area contributed by atoms with Crippen molar-refractivity contribution in [3.8, 4) is 0 Å². The predicted octanol–water partition coefficient (Wildman–Crippen LogP) is 1.33. The zero-order valence-corrected chi connectivity index (χ0v) is 11.9. The van der Waals surface area contributed by atoms with Crippen LogP contribution in [0.1, 0.15) is 20.3 Å². The number of nitrogens with zero attached hydrogens (tertiary/aromatic N) is 2. The van der Waals surface area contributed by atoms with Crippen LogP contribution in [-0.4, -0.2) is 68.2 Å². The Morgan fingerprint density at radius 3 is 2.11 bits per heavy atom. The molecule has 0 aromatic rings. The van der Waals surface area contributed by atoms with E-state index in [2.05, 4.69) is 10.2 Å². The smallest absolute Gasteiger partial charge is 0.340 e. The van der Waals surface area contributed by atoms with Gasteiger partial charge in [0.1, 0.15) is 0 Å². The first-order valence-corrected chi connectivity index (χ1v) is 6.55. The standard InChI is InChI=1S/C12H24F3N3O/c1-4-17(5-2)8-9-18(11(19)10-16-3)7-6-12(13,14)15/h16H,4-10H2,1-3H3. The molecule has 0 aliphatic carbocycles. The quantitative estimate of drug-likeness (QED) is 0.693. The summed E-state index contributed by atoms with van der Waals surface area (Å²) in [4.78, 5) is 15.1. The summed E-state index contributed by atoms with van der Waals surface area (Å²) in [7, 11) is 1.60. The molecule has 19 heavy (non-hydrogen) atoms. The van der Waals surface area contributed by atoms with Crippen molar-refractivity contribution in [3.63, 3.8) is 0 Å². The second kappa shape index (κ2) is 9.14. The van der Waals surface area contributed by atoms with Gasteiger partial charge in [0.15, 0.2) is 0 Å². The van der Waals surface area contributed by atoms with Gasteiger partial charge in [-0.3, -0.25) is 4.79 Å². The van der Waals surface area contributed by atoms with Crippen LogP contribution < -0.4 is 5.32 Å². The first kappa shape index (κ1) is 18.2. The number of amides is 1. The van der Waals surface area contributed by atoms with E-state index in [1.807, 2.05) is 13.8 Å². The molecule has 0 aromatic carbocycles. The molecule has 0 saturated carbocycles. The van der Waals surface area contributed by atoms with Crippen LogP contribution in [-0.2, 0) is 4.79 Å². The van der Waals surface area contributed by atoms with Crippen LogP contribution in [0.3, 0.4) is 0 Å². The summed E-state index contributed by atoms with van der Waals surface area (Å²) in [5, 5.41) is 2.67. The van der Waals surface area contributed by atoms with Crippen molar-refractivity contribution in [1.82, 2.24) is 15.1 Å². The van der Waals surface area contributed by atoms with E-state index in [9.17, 15) is 18.0 Å². The third kappa shape index (κ3) is 8.83. The largest absolute Gasteiger partial charge is 0.390 e. The first-order chi connectivity index (χ1) is 8.84. The maximum Gasteiger partial charge on any atom is 0.390 e. The molecule has 0 unspecified atom stereocenters. The molecule has 7 heteroatoms. The van der Waals surface area contributed by atoms with Gasteiger partial charge in [-0.2, -0.15) is 13.2 Å². The summed E-state index contributed by atoms with van der Waals surface area (Å²) in [5.41, 5.74) is 0. The molecule has 0 fully saturated rings. The molecular weight excluding hydrogens is 259 g/mol. The van der Waals surface area contributed by atoms with E-state index in [4.69, 9.17) is 0 Å². The number of halogens is 3. The molecule has 0 bridgehead atoms. The topological polar surface area (TPSA) is 35.6 Å². The van der Waals surface area contributed by atoms with E-state index in [1.54, 1.807) is 7.05 Å². The average molecular weight is 283 g/mol. The molecule has 0 aliphatic rings. The highest BCUT2D eigenvalue weighted by molar-refractivity contribution is 5.78. The molecule has 0 aliphatic heterocycles. The number of carbonyl (C=O) groups is 1. The summed E-state index contributed by atoms with van der Waals surface area (Å²) >= 11 is 0. The lowest BCUT2D eigenvalue weighted by molar-refractivity contribution is -0.145. The van der Waals surface area contributed by atoms with Gasteiger partial charge >= 0.3 is 6.18 Å². The molecular formula is C12H24F3N3O. The summed E-state index contributed by atoms with van der Waals surface area (Å²) < 4.78 is 36.7. The van der Waals surface area contributed by atoms with Crippen LogP contribution in [0.5, 0.6) is 0 Å². The van der Waals surface area contributed by atoms with Crippen molar-refractivity contribution < 1.29 is 18.0 Å². The van der Waals surface area contributed by atoms with Crippen LogP contribution >= 0.6 is 0 Å².